The van der Waals surface area contributed by atoms with E-state index in [4.69, 9.17) is 5.73 Å². The minimum Gasteiger partial charge on any atom is -0.385 e. The SMILES string of the molecule is NCc1cccc(NCCc2c[nH]c3ccccc23)c1. The number of rotatable bonds is 5. The van der Waals surface area contributed by atoms with Gasteiger partial charge in [-0.1, -0.05) is 30.3 Å². The highest BCUT2D eigenvalue weighted by atomic mass is 14.9. The van der Waals surface area contributed by atoms with Crippen LogP contribution in [-0.2, 0) is 13.0 Å². The van der Waals surface area contributed by atoms with Crippen LogP contribution in [-0.4, -0.2) is 11.5 Å². The number of anilines is 1. The molecule has 3 nitrogen and oxygen atoms in total. The molecule has 2 aromatic carbocycles. The lowest BCUT2D eigenvalue weighted by atomic mass is 10.1. The molecule has 0 aliphatic carbocycles. The number of hydrogen-bond acceptors (Lipinski definition) is 2. The topological polar surface area (TPSA) is 53.8 Å². The van der Waals surface area contributed by atoms with Crippen LogP contribution in [0.3, 0.4) is 0 Å². The molecule has 0 unspecified atom stereocenters. The van der Waals surface area contributed by atoms with Crippen LogP contribution < -0.4 is 11.1 Å². The van der Waals surface area contributed by atoms with Crippen LogP contribution in [0.2, 0.25) is 0 Å². The normalized spacial score (nSPS) is 10.8. The number of fused-ring (bicyclic) bond motifs is 1. The van der Waals surface area contributed by atoms with Crippen molar-refractivity contribution in [2.75, 3.05) is 11.9 Å². The molecule has 3 rings (SSSR count). The summed E-state index contributed by atoms with van der Waals surface area (Å²) in [4.78, 5) is 3.31. The summed E-state index contributed by atoms with van der Waals surface area (Å²) in [5.74, 6) is 0. The summed E-state index contributed by atoms with van der Waals surface area (Å²) in [6, 6.07) is 16.7. The largest absolute Gasteiger partial charge is 0.385 e. The van der Waals surface area contributed by atoms with Crippen LogP contribution in [0.5, 0.6) is 0 Å². The standard InChI is InChI=1S/C17H19N3/c18-11-13-4-3-5-15(10-13)19-9-8-14-12-20-17-7-2-1-6-16(14)17/h1-7,10,12,19-20H,8-9,11,18H2. The second-order valence-corrected chi connectivity index (χ2v) is 4.94. The van der Waals surface area contributed by atoms with E-state index in [9.17, 15) is 0 Å². The van der Waals surface area contributed by atoms with E-state index in [1.54, 1.807) is 0 Å². The molecule has 0 spiro atoms. The number of nitrogens with two attached hydrogens (primary N) is 1. The van der Waals surface area contributed by atoms with E-state index in [0.717, 1.165) is 24.2 Å². The number of para-hydroxylation sites is 1. The molecule has 4 N–H and O–H groups in total. The Balaban J connectivity index is 1.65. The molecule has 1 aromatic heterocycles. The molecule has 0 bridgehead atoms. The summed E-state index contributed by atoms with van der Waals surface area (Å²) in [6.45, 7) is 1.49. The first-order chi connectivity index (χ1) is 9.86. The summed E-state index contributed by atoms with van der Waals surface area (Å²) >= 11 is 0. The van der Waals surface area contributed by atoms with Crippen molar-refractivity contribution in [3.63, 3.8) is 0 Å². The average Bonchev–Trinajstić information content (AvgIpc) is 2.91. The van der Waals surface area contributed by atoms with Gasteiger partial charge in [-0.3, -0.25) is 0 Å². The molecule has 3 aromatic rings. The van der Waals surface area contributed by atoms with Crippen molar-refractivity contribution in [2.45, 2.75) is 13.0 Å². The van der Waals surface area contributed by atoms with Crippen molar-refractivity contribution >= 4 is 16.6 Å². The van der Waals surface area contributed by atoms with Gasteiger partial charge in [0.15, 0.2) is 0 Å². The van der Waals surface area contributed by atoms with Crippen LogP contribution in [0, 0.1) is 0 Å². The number of benzene rings is 2. The smallest absolute Gasteiger partial charge is 0.0456 e. The quantitative estimate of drug-likeness (QED) is 0.663. The Kier molecular flexibility index (Phi) is 3.70. The molecule has 0 saturated carbocycles. The van der Waals surface area contributed by atoms with Gasteiger partial charge in [0.1, 0.15) is 0 Å². The molecule has 0 aliphatic heterocycles. The highest BCUT2D eigenvalue weighted by Gasteiger charge is 2.02. The average molecular weight is 265 g/mol. The molecule has 102 valence electrons. The van der Waals surface area contributed by atoms with Crippen molar-refractivity contribution in [3.8, 4) is 0 Å². The Morgan fingerprint density at radius 2 is 1.95 bits per heavy atom. The molecule has 0 radical (unpaired) electrons. The maximum Gasteiger partial charge on any atom is 0.0456 e. The third kappa shape index (κ3) is 2.68. The van der Waals surface area contributed by atoms with Crippen LogP contribution in [0.25, 0.3) is 10.9 Å². The van der Waals surface area contributed by atoms with E-state index >= 15 is 0 Å². The van der Waals surface area contributed by atoms with E-state index in [0.29, 0.717) is 6.54 Å². The molecule has 20 heavy (non-hydrogen) atoms. The van der Waals surface area contributed by atoms with Gasteiger partial charge < -0.3 is 16.0 Å². The van der Waals surface area contributed by atoms with Crippen molar-refractivity contribution in [3.05, 3.63) is 65.9 Å². The van der Waals surface area contributed by atoms with Crippen LogP contribution in [0.15, 0.2) is 54.7 Å². The Bertz CT molecular complexity index is 700. The summed E-state index contributed by atoms with van der Waals surface area (Å²) in [5.41, 5.74) is 10.5. The van der Waals surface area contributed by atoms with E-state index < -0.39 is 0 Å². The van der Waals surface area contributed by atoms with Gasteiger partial charge in [-0.25, -0.2) is 0 Å². The number of H-pyrrole nitrogens is 1. The molecule has 0 amide bonds. The Hall–Kier alpha value is -2.26. The van der Waals surface area contributed by atoms with E-state index in [-0.39, 0.29) is 0 Å². The van der Waals surface area contributed by atoms with Gasteiger partial charge in [0, 0.05) is 35.9 Å². The lowest BCUT2D eigenvalue weighted by Gasteiger charge is -2.07. The van der Waals surface area contributed by atoms with Gasteiger partial charge in [-0.05, 0) is 35.7 Å². The molecule has 0 saturated heterocycles. The van der Waals surface area contributed by atoms with E-state index in [1.807, 2.05) is 12.1 Å². The first kappa shape index (κ1) is 12.8. The summed E-state index contributed by atoms with van der Waals surface area (Å²) in [5, 5.41) is 4.76. The fraction of sp³-hybridized carbons (Fsp3) is 0.176. The molecule has 1 heterocycles. The van der Waals surface area contributed by atoms with Crippen molar-refractivity contribution in [1.82, 2.24) is 4.98 Å². The highest BCUT2D eigenvalue weighted by Crippen LogP contribution is 2.18. The minimum absolute atomic E-state index is 0.581. The fourth-order valence-corrected chi connectivity index (χ4v) is 2.49. The van der Waals surface area contributed by atoms with Crippen molar-refractivity contribution < 1.29 is 0 Å². The zero-order chi connectivity index (χ0) is 13.8. The van der Waals surface area contributed by atoms with Crippen molar-refractivity contribution in [1.29, 1.82) is 0 Å². The van der Waals surface area contributed by atoms with Crippen molar-refractivity contribution in [2.24, 2.45) is 5.73 Å². The zero-order valence-corrected chi connectivity index (χ0v) is 11.4. The van der Waals surface area contributed by atoms with Gasteiger partial charge in [0.25, 0.3) is 0 Å². The Labute approximate surface area is 118 Å². The number of nitrogens with one attached hydrogen (secondary N) is 2. The molecule has 0 fully saturated rings. The van der Waals surface area contributed by atoms with E-state index in [1.165, 1.54) is 16.5 Å². The van der Waals surface area contributed by atoms with Gasteiger partial charge in [0.2, 0.25) is 0 Å². The summed E-state index contributed by atoms with van der Waals surface area (Å²) in [6.07, 6.45) is 3.10. The summed E-state index contributed by atoms with van der Waals surface area (Å²) < 4.78 is 0. The lowest BCUT2D eigenvalue weighted by Crippen LogP contribution is -2.05. The highest BCUT2D eigenvalue weighted by molar-refractivity contribution is 5.83. The monoisotopic (exact) mass is 265 g/mol. The molecule has 0 atom stereocenters. The minimum atomic E-state index is 0.581. The fourth-order valence-electron chi connectivity index (χ4n) is 2.49. The molecular weight excluding hydrogens is 246 g/mol. The predicted octanol–water partition coefficient (Wildman–Crippen LogP) is 3.28. The van der Waals surface area contributed by atoms with Crippen LogP contribution in [0.1, 0.15) is 11.1 Å². The predicted molar refractivity (Wildman–Crippen MR) is 84.8 cm³/mol. The summed E-state index contributed by atoms with van der Waals surface area (Å²) in [7, 11) is 0. The third-order valence-corrected chi connectivity index (χ3v) is 3.56. The molecule has 3 heteroatoms. The lowest BCUT2D eigenvalue weighted by molar-refractivity contribution is 1.02. The first-order valence-corrected chi connectivity index (χ1v) is 6.94. The van der Waals surface area contributed by atoms with Gasteiger partial charge in [-0.2, -0.15) is 0 Å². The van der Waals surface area contributed by atoms with Gasteiger partial charge >= 0.3 is 0 Å². The van der Waals surface area contributed by atoms with Crippen LogP contribution in [0.4, 0.5) is 5.69 Å². The number of aromatic nitrogens is 1. The van der Waals surface area contributed by atoms with Crippen LogP contribution >= 0.6 is 0 Å². The first-order valence-electron chi connectivity index (χ1n) is 6.94. The van der Waals surface area contributed by atoms with Gasteiger partial charge in [-0.15, -0.1) is 0 Å². The second-order valence-electron chi connectivity index (χ2n) is 4.94. The molecular formula is C17H19N3. The maximum absolute atomic E-state index is 5.65. The molecule has 0 aliphatic rings. The number of aromatic amines is 1. The van der Waals surface area contributed by atoms with E-state index in [2.05, 4.69) is 52.9 Å². The Morgan fingerprint density at radius 1 is 1.05 bits per heavy atom. The Morgan fingerprint density at radius 3 is 2.85 bits per heavy atom. The zero-order valence-electron chi connectivity index (χ0n) is 11.4. The maximum atomic E-state index is 5.65. The second kappa shape index (κ2) is 5.80. The number of hydrogen-bond donors (Lipinski definition) is 3. The third-order valence-electron chi connectivity index (χ3n) is 3.56. The van der Waals surface area contributed by atoms with Gasteiger partial charge in [0.05, 0.1) is 0 Å².